The van der Waals surface area contributed by atoms with E-state index in [1.54, 1.807) is 18.4 Å². The molecule has 2 aromatic rings. The number of hydrogen-bond donors (Lipinski definition) is 2. The zero-order valence-electron chi connectivity index (χ0n) is 13.8. The van der Waals surface area contributed by atoms with Gasteiger partial charge in [-0.1, -0.05) is 11.3 Å². The van der Waals surface area contributed by atoms with Crippen molar-refractivity contribution in [1.29, 1.82) is 0 Å². The number of carbonyl (C=O) groups excluding carboxylic acids is 1. The summed E-state index contributed by atoms with van der Waals surface area (Å²) in [6.45, 7) is 8.94. The Bertz CT molecular complexity index is 591. The van der Waals surface area contributed by atoms with Crippen LogP contribution >= 0.6 is 22.7 Å². The zero-order valence-corrected chi connectivity index (χ0v) is 15.5. The summed E-state index contributed by atoms with van der Waals surface area (Å²) in [6, 6.07) is 1.94. The van der Waals surface area contributed by atoms with Gasteiger partial charge in [0.2, 0.25) is 0 Å². The van der Waals surface area contributed by atoms with Gasteiger partial charge in [0.25, 0.3) is 5.91 Å². The third-order valence-corrected chi connectivity index (χ3v) is 5.63. The number of amides is 1. The van der Waals surface area contributed by atoms with Gasteiger partial charge in [-0.2, -0.15) is 0 Å². The maximum atomic E-state index is 12.1. The second kappa shape index (κ2) is 9.17. The van der Waals surface area contributed by atoms with Crippen LogP contribution in [-0.2, 0) is 4.74 Å². The number of methoxy groups -OCH3 is 1. The first-order chi connectivity index (χ1) is 11.2. The number of aromatic nitrogens is 1. The number of nitrogens with zero attached hydrogens (tertiary/aromatic N) is 2. The Morgan fingerprint density at radius 2 is 2.04 bits per heavy atom. The van der Waals surface area contributed by atoms with Crippen molar-refractivity contribution in [3.63, 3.8) is 0 Å². The second-order valence-electron chi connectivity index (χ2n) is 4.95. The Kier molecular flexibility index (Phi) is 7.22. The molecule has 0 spiro atoms. The predicted molar refractivity (Wildman–Crippen MR) is 98.1 cm³/mol. The lowest BCUT2D eigenvalue weighted by Gasteiger charge is -2.16. The van der Waals surface area contributed by atoms with Gasteiger partial charge in [0.1, 0.15) is 4.83 Å². The molecule has 0 saturated heterocycles. The molecule has 0 aromatic carbocycles. The highest BCUT2D eigenvalue weighted by molar-refractivity contribution is 7.29. The van der Waals surface area contributed by atoms with Gasteiger partial charge < -0.3 is 20.3 Å². The van der Waals surface area contributed by atoms with Crippen LogP contribution in [0.25, 0.3) is 9.53 Å². The first-order valence-electron chi connectivity index (χ1n) is 7.82. The Morgan fingerprint density at radius 3 is 2.70 bits per heavy atom. The van der Waals surface area contributed by atoms with E-state index in [1.165, 1.54) is 11.3 Å². The van der Waals surface area contributed by atoms with Crippen molar-refractivity contribution in [3.8, 4) is 0 Å². The third-order valence-electron chi connectivity index (χ3n) is 3.41. The fraction of sp³-hybridized carbons (Fsp3) is 0.600. The Balaban J connectivity index is 1.88. The summed E-state index contributed by atoms with van der Waals surface area (Å²) in [7, 11) is 1.67. The van der Waals surface area contributed by atoms with E-state index in [9.17, 15) is 4.79 Å². The largest absolute Gasteiger partial charge is 0.383 e. The van der Waals surface area contributed by atoms with Gasteiger partial charge >= 0.3 is 0 Å². The van der Waals surface area contributed by atoms with E-state index < -0.39 is 0 Å². The topological polar surface area (TPSA) is 66.5 Å². The SMILES string of the molecule is CCN(CC)c1nc2sc(C(=O)NCCNCCOC)cc2s1. The molecule has 1 amide bonds. The number of thiophene rings is 1. The van der Waals surface area contributed by atoms with E-state index in [0.29, 0.717) is 13.2 Å². The fourth-order valence-corrected chi connectivity index (χ4v) is 4.37. The number of anilines is 1. The van der Waals surface area contributed by atoms with Crippen LogP contribution in [0.4, 0.5) is 5.13 Å². The minimum Gasteiger partial charge on any atom is -0.383 e. The van der Waals surface area contributed by atoms with Gasteiger partial charge in [0.15, 0.2) is 5.13 Å². The van der Waals surface area contributed by atoms with Crippen molar-refractivity contribution in [2.75, 3.05) is 51.3 Å². The molecule has 0 aliphatic carbocycles. The molecule has 0 aliphatic rings. The average molecular weight is 357 g/mol. The quantitative estimate of drug-likeness (QED) is 0.639. The molecular formula is C15H24N4O2S2. The minimum absolute atomic E-state index is 0.0295. The number of rotatable bonds is 10. The van der Waals surface area contributed by atoms with Crippen LogP contribution in [0.2, 0.25) is 0 Å². The zero-order chi connectivity index (χ0) is 16.7. The molecule has 0 atom stereocenters. The maximum absolute atomic E-state index is 12.1. The lowest BCUT2D eigenvalue weighted by atomic mass is 10.4. The van der Waals surface area contributed by atoms with Crippen LogP contribution in [0.1, 0.15) is 23.5 Å². The molecule has 8 heteroatoms. The van der Waals surface area contributed by atoms with Gasteiger partial charge in [-0.25, -0.2) is 4.98 Å². The van der Waals surface area contributed by atoms with E-state index in [4.69, 9.17) is 4.74 Å². The lowest BCUT2D eigenvalue weighted by Crippen LogP contribution is -2.32. The van der Waals surface area contributed by atoms with Crippen molar-refractivity contribution in [3.05, 3.63) is 10.9 Å². The Hall–Kier alpha value is -1.22. The third kappa shape index (κ3) is 4.87. The molecule has 2 aromatic heterocycles. The standard InChI is InChI=1S/C15H24N4O2S2/c1-4-19(5-2)15-18-14-12(23-15)10-11(22-14)13(20)17-7-6-16-8-9-21-3/h10,16H,4-9H2,1-3H3,(H,17,20). The van der Waals surface area contributed by atoms with Crippen LogP contribution in [0, 0.1) is 0 Å². The molecule has 0 bridgehead atoms. The summed E-state index contributed by atoms with van der Waals surface area (Å²) in [5.74, 6) is -0.0295. The molecular weight excluding hydrogens is 332 g/mol. The van der Waals surface area contributed by atoms with E-state index in [-0.39, 0.29) is 5.91 Å². The molecule has 0 fully saturated rings. The predicted octanol–water partition coefficient (Wildman–Crippen LogP) is 2.17. The second-order valence-corrected chi connectivity index (χ2v) is 6.99. The summed E-state index contributed by atoms with van der Waals surface area (Å²) in [5, 5.41) is 7.15. The monoisotopic (exact) mass is 356 g/mol. The summed E-state index contributed by atoms with van der Waals surface area (Å²) >= 11 is 3.11. The fourth-order valence-electron chi connectivity index (χ4n) is 2.12. The molecule has 0 aliphatic heterocycles. The number of hydrogen-bond acceptors (Lipinski definition) is 7. The number of nitrogens with one attached hydrogen (secondary N) is 2. The molecule has 0 saturated carbocycles. The number of fused-ring (bicyclic) bond motifs is 1. The smallest absolute Gasteiger partial charge is 0.261 e. The van der Waals surface area contributed by atoms with E-state index in [0.717, 1.165) is 45.7 Å². The normalized spacial score (nSPS) is 11.1. The molecule has 0 unspecified atom stereocenters. The highest BCUT2D eigenvalue weighted by Crippen LogP contribution is 2.34. The van der Waals surface area contributed by atoms with Gasteiger partial charge in [0.05, 0.1) is 16.2 Å². The first-order valence-corrected chi connectivity index (χ1v) is 9.46. The molecule has 2 rings (SSSR count). The van der Waals surface area contributed by atoms with Gasteiger partial charge in [0, 0.05) is 39.8 Å². The van der Waals surface area contributed by atoms with Crippen molar-refractivity contribution in [2.24, 2.45) is 0 Å². The summed E-state index contributed by atoms with van der Waals surface area (Å²) in [6.07, 6.45) is 0. The highest BCUT2D eigenvalue weighted by atomic mass is 32.1. The van der Waals surface area contributed by atoms with E-state index in [2.05, 4.69) is 34.4 Å². The molecule has 6 nitrogen and oxygen atoms in total. The number of ether oxygens (including phenoxy) is 1. The molecule has 2 N–H and O–H groups in total. The number of thiazole rings is 1. The Morgan fingerprint density at radius 1 is 1.26 bits per heavy atom. The molecule has 128 valence electrons. The van der Waals surface area contributed by atoms with Crippen molar-refractivity contribution >= 4 is 43.2 Å². The lowest BCUT2D eigenvalue weighted by molar-refractivity contribution is 0.0958. The van der Waals surface area contributed by atoms with Crippen molar-refractivity contribution in [2.45, 2.75) is 13.8 Å². The van der Waals surface area contributed by atoms with Crippen molar-refractivity contribution in [1.82, 2.24) is 15.6 Å². The molecule has 0 radical (unpaired) electrons. The van der Waals surface area contributed by atoms with E-state index >= 15 is 0 Å². The van der Waals surface area contributed by atoms with Crippen molar-refractivity contribution < 1.29 is 9.53 Å². The summed E-state index contributed by atoms with van der Waals surface area (Å²) in [5.41, 5.74) is 0. The van der Waals surface area contributed by atoms with Gasteiger partial charge in [-0.3, -0.25) is 4.79 Å². The van der Waals surface area contributed by atoms with Gasteiger partial charge in [-0.15, -0.1) is 11.3 Å². The highest BCUT2D eigenvalue weighted by Gasteiger charge is 2.15. The summed E-state index contributed by atoms with van der Waals surface area (Å²) in [4.78, 5) is 20.7. The molecule has 2 heterocycles. The van der Waals surface area contributed by atoms with Crippen LogP contribution in [0.15, 0.2) is 6.07 Å². The average Bonchev–Trinajstić information content (AvgIpc) is 3.10. The van der Waals surface area contributed by atoms with Crippen LogP contribution < -0.4 is 15.5 Å². The number of carbonyl (C=O) groups is 1. The van der Waals surface area contributed by atoms with Crippen LogP contribution in [0.3, 0.4) is 0 Å². The van der Waals surface area contributed by atoms with E-state index in [1.807, 2.05) is 6.07 Å². The Labute approximate surface area is 144 Å². The summed E-state index contributed by atoms with van der Waals surface area (Å²) < 4.78 is 6.03. The van der Waals surface area contributed by atoms with Crippen LogP contribution in [0.5, 0.6) is 0 Å². The maximum Gasteiger partial charge on any atom is 0.261 e. The van der Waals surface area contributed by atoms with Gasteiger partial charge in [-0.05, 0) is 19.9 Å². The van der Waals surface area contributed by atoms with Crippen LogP contribution in [-0.4, -0.2) is 57.3 Å². The first kappa shape index (κ1) is 18.1. The minimum atomic E-state index is -0.0295. The molecule has 23 heavy (non-hydrogen) atoms.